The van der Waals surface area contributed by atoms with E-state index in [2.05, 4.69) is 6.92 Å². The fourth-order valence-corrected chi connectivity index (χ4v) is 3.07. The Balaban J connectivity index is 0. The Morgan fingerprint density at radius 3 is 1.52 bits per heavy atom. The number of carbonyl (C=O) groups excluding carboxylic acids is 2. The van der Waals surface area contributed by atoms with Crippen molar-refractivity contribution in [1.29, 1.82) is 0 Å². The average molecular weight is 445 g/mol. The molecule has 0 aromatic carbocycles. The van der Waals surface area contributed by atoms with Gasteiger partial charge in [-0.3, -0.25) is 4.55 Å². The molecule has 7 nitrogen and oxygen atoms in total. The summed E-state index contributed by atoms with van der Waals surface area (Å²) < 4.78 is 39.2. The Kier molecular flexibility index (Phi) is 22.1. The number of esters is 2. The first-order valence-electron chi connectivity index (χ1n) is 10.3. The van der Waals surface area contributed by atoms with Gasteiger partial charge in [0.2, 0.25) is 0 Å². The van der Waals surface area contributed by atoms with Gasteiger partial charge in [-0.05, 0) is 12.8 Å². The molecule has 0 saturated heterocycles. The third-order valence-electron chi connectivity index (χ3n) is 4.14. The average Bonchev–Trinajstić information content (AvgIpc) is 2.63. The Hall–Kier alpha value is -0.410. The maximum atomic E-state index is 11.5. The molecule has 0 aliphatic rings. The van der Waals surface area contributed by atoms with E-state index in [0.29, 0.717) is 6.61 Å². The first-order valence-corrected chi connectivity index (χ1v) is 11.9. The second kappa shape index (κ2) is 20.8. The molecule has 0 aromatic rings. The zero-order valence-electron chi connectivity index (χ0n) is 17.1. The molecular formula is C20H37NaO7S. The van der Waals surface area contributed by atoms with Gasteiger partial charge in [-0.25, -0.2) is 9.59 Å². The van der Waals surface area contributed by atoms with Crippen LogP contribution >= 0.6 is 0 Å². The van der Waals surface area contributed by atoms with Crippen LogP contribution in [0.15, 0.2) is 12.2 Å². The molecule has 0 rings (SSSR count). The summed E-state index contributed by atoms with van der Waals surface area (Å²) in [7, 11) is -4.06. The van der Waals surface area contributed by atoms with Gasteiger partial charge in [-0.2, -0.15) is 8.42 Å². The predicted molar refractivity (Wildman–Crippen MR) is 116 cm³/mol. The minimum atomic E-state index is -4.06. The van der Waals surface area contributed by atoms with Crippen molar-refractivity contribution in [3.63, 3.8) is 0 Å². The molecule has 0 fully saturated rings. The fourth-order valence-electron chi connectivity index (χ4n) is 2.59. The van der Waals surface area contributed by atoms with Gasteiger partial charge in [-0.1, -0.05) is 71.1 Å². The molecule has 0 atom stereocenters. The van der Waals surface area contributed by atoms with Crippen molar-refractivity contribution in [1.82, 2.24) is 0 Å². The predicted octanol–water partition coefficient (Wildman–Crippen LogP) is 3.57. The van der Waals surface area contributed by atoms with Crippen LogP contribution in [0.25, 0.3) is 0 Å². The van der Waals surface area contributed by atoms with Gasteiger partial charge >= 0.3 is 41.5 Å². The van der Waals surface area contributed by atoms with Crippen molar-refractivity contribution in [3.05, 3.63) is 12.2 Å². The first kappa shape index (κ1) is 30.8. The van der Waals surface area contributed by atoms with E-state index in [9.17, 15) is 18.0 Å². The standard InChI is InChI=1S/C20H36O7S.Na.H/c1-2-3-4-5-6-7-8-9-10-11-12-16-26-19(21)14-15-20(22)27-17-13-18-28(23,24)25;;/h14-15H,2-13,16-18H2,1H3,(H,23,24,25);;/b15-14-;;. The quantitative estimate of drug-likeness (QED) is 0.113. The molecule has 0 radical (unpaired) electrons. The number of hydrogen-bond acceptors (Lipinski definition) is 6. The number of rotatable bonds is 18. The second-order valence-electron chi connectivity index (χ2n) is 6.84. The van der Waals surface area contributed by atoms with Gasteiger partial charge in [0.25, 0.3) is 10.1 Å². The molecule has 29 heavy (non-hydrogen) atoms. The summed E-state index contributed by atoms with van der Waals surface area (Å²) in [6, 6.07) is 0. The number of hydrogen-bond donors (Lipinski definition) is 1. The summed E-state index contributed by atoms with van der Waals surface area (Å²) >= 11 is 0. The van der Waals surface area contributed by atoms with E-state index < -0.39 is 27.8 Å². The molecule has 166 valence electrons. The van der Waals surface area contributed by atoms with Crippen LogP contribution in [0, 0.1) is 0 Å². The number of carbonyl (C=O) groups is 2. The second-order valence-corrected chi connectivity index (χ2v) is 8.42. The van der Waals surface area contributed by atoms with Crippen LogP contribution in [0.4, 0.5) is 0 Å². The fraction of sp³-hybridized carbons (Fsp3) is 0.800. The van der Waals surface area contributed by atoms with Crippen molar-refractivity contribution in [2.24, 2.45) is 0 Å². The normalized spacial score (nSPS) is 11.2. The summed E-state index contributed by atoms with van der Waals surface area (Å²) in [4.78, 5) is 22.8. The van der Waals surface area contributed by atoms with E-state index in [-0.39, 0.29) is 42.6 Å². The van der Waals surface area contributed by atoms with Gasteiger partial charge < -0.3 is 9.47 Å². The molecule has 0 amide bonds. The molecule has 0 spiro atoms. The minimum absolute atomic E-state index is 0. The molecule has 0 aliphatic heterocycles. The molecule has 0 aliphatic carbocycles. The van der Waals surface area contributed by atoms with Crippen molar-refractivity contribution < 1.29 is 32.0 Å². The molecule has 0 aromatic heterocycles. The Bertz CT molecular complexity index is 547. The van der Waals surface area contributed by atoms with Crippen LogP contribution in [0.1, 0.15) is 84.0 Å². The van der Waals surface area contributed by atoms with E-state index in [1.165, 1.54) is 51.4 Å². The van der Waals surface area contributed by atoms with Gasteiger partial charge in [0.05, 0.1) is 19.0 Å². The summed E-state index contributed by atoms with van der Waals surface area (Å²) in [6.45, 7) is 2.39. The zero-order valence-corrected chi connectivity index (χ0v) is 17.9. The Morgan fingerprint density at radius 1 is 0.724 bits per heavy atom. The summed E-state index contributed by atoms with van der Waals surface area (Å²) in [5, 5.41) is 0. The Labute approximate surface area is 198 Å². The monoisotopic (exact) mass is 444 g/mol. The van der Waals surface area contributed by atoms with E-state index in [0.717, 1.165) is 31.4 Å². The first-order chi connectivity index (χ1) is 13.3. The third kappa shape index (κ3) is 25.6. The van der Waals surface area contributed by atoms with Crippen LogP contribution in [-0.2, 0) is 29.2 Å². The molecule has 0 unspecified atom stereocenters. The van der Waals surface area contributed by atoms with Gasteiger partial charge in [0.1, 0.15) is 0 Å². The number of ether oxygens (including phenoxy) is 2. The van der Waals surface area contributed by atoms with Gasteiger partial charge in [-0.15, -0.1) is 0 Å². The van der Waals surface area contributed by atoms with E-state index in [4.69, 9.17) is 14.0 Å². The SMILES string of the molecule is CCCCCCCCCCCCCOC(=O)/C=C\C(=O)OCCCS(=O)(=O)O.[NaH]. The van der Waals surface area contributed by atoms with Gasteiger partial charge in [0.15, 0.2) is 0 Å². The summed E-state index contributed by atoms with van der Waals surface area (Å²) in [6.07, 6.45) is 15.3. The molecule has 0 bridgehead atoms. The van der Waals surface area contributed by atoms with Crippen LogP contribution in [0.2, 0.25) is 0 Å². The molecule has 1 N–H and O–H groups in total. The van der Waals surface area contributed by atoms with Crippen LogP contribution in [0.5, 0.6) is 0 Å². The molecule has 9 heteroatoms. The van der Waals surface area contributed by atoms with Crippen molar-refractivity contribution in [3.8, 4) is 0 Å². The summed E-state index contributed by atoms with van der Waals surface area (Å²) in [5.74, 6) is -1.85. The maximum absolute atomic E-state index is 11.5. The Morgan fingerprint density at radius 2 is 1.10 bits per heavy atom. The topological polar surface area (TPSA) is 107 Å². The van der Waals surface area contributed by atoms with E-state index in [1.807, 2.05) is 0 Å². The van der Waals surface area contributed by atoms with Crippen LogP contribution in [-0.4, -0.2) is 73.4 Å². The van der Waals surface area contributed by atoms with Crippen molar-refractivity contribution in [2.75, 3.05) is 19.0 Å². The molecule has 0 heterocycles. The molecule has 0 saturated carbocycles. The van der Waals surface area contributed by atoms with Crippen LogP contribution in [0.3, 0.4) is 0 Å². The molecular weight excluding hydrogens is 407 g/mol. The van der Waals surface area contributed by atoms with Crippen molar-refractivity contribution >= 4 is 51.6 Å². The summed E-state index contributed by atoms with van der Waals surface area (Å²) in [5.41, 5.74) is 0. The van der Waals surface area contributed by atoms with Crippen molar-refractivity contribution in [2.45, 2.75) is 84.0 Å². The van der Waals surface area contributed by atoms with Gasteiger partial charge in [0, 0.05) is 12.2 Å². The van der Waals surface area contributed by atoms with Crippen LogP contribution < -0.4 is 0 Å². The van der Waals surface area contributed by atoms with E-state index >= 15 is 0 Å². The van der Waals surface area contributed by atoms with E-state index in [1.54, 1.807) is 0 Å². The zero-order chi connectivity index (χ0) is 21.1. The third-order valence-corrected chi connectivity index (χ3v) is 4.94. The number of unbranched alkanes of at least 4 members (excludes halogenated alkanes) is 10.